The van der Waals surface area contributed by atoms with Crippen LogP contribution < -0.4 is 5.32 Å². The van der Waals surface area contributed by atoms with Gasteiger partial charge in [-0.3, -0.25) is 5.32 Å². The highest BCUT2D eigenvalue weighted by molar-refractivity contribution is 6.30. The summed E-state index contributed by atoms with van der Waals surface area (Å²) in [7, 11) is 0. The molecule has 1 N–H and O–H groups in total. The van der Waals surface area contributed by atoms with Crippen LogP contribution in [0.2, 0.25) is 5.02 Å². The summed E-state index contributed by atoms with van der Waals surface area (Å²) >= 11 is 6.07. The van der Waals surface area contributed by atoms with Crippen molar-refractivity contribution < 1.29 is 19.1 Å². The third-order valence-electron chi connectivity index (χ3n) is 4.32. The van der Waals surface area contributed by atoms with Crippen molar-refractivity contribution in [2.75, 3.05) is 5.32 Å². The fraction of sp³-hybridized carbons (Fsp3) is 0.296. The molecule has 0 radical (unpaired) electrons. The molecular formula is C27H28ClN3O4. The van der Waals surface area contributed by atoms with Gasteiger partial charge in [0.2, 0.25) is 5.95 Å². The van der Waals surface area contributed by atoms with Gasteiger partial charge in [-0.05, 0) is 65.8 Å². The number of halogens is 1. The first-order valence-corrected chi connectivity index (χ1v) is 11.4. The van der Waals surface area contributed by atoms with E-state index in [1.807, 2.05) is 36.4 Å². The highest BCUT2D eigenvalue weighted by Gasteiger charge is 2.27. The van der Waals surface area contributed by atoms with Crippen LogP contribution in [0.15, 0.2) is 54.7 Å². The van der Waals surface area contributed by atoms with Gasteiger partial charge in [0.25, 0.3) is 0 Å². The highest BCUT2D eigenvalue weighted by Crippen LogP contribution is 2.28. The van der Waals surface area contributed by atoms with Crippen LogP contribution in [-0.2, 0) is 9.47 Å². The molecule has 0 saturated heterocycles. The lowest BCUT2D eigenvalue weighted by atomic mass is 10.0. The summed E-state index contributed by atoms with van der Waals surface area (Å²) in [6, 6.07) is 14.5. The molecule has 35 heavy (non-hydrogen) atoms. The van der Waals surface area contributed by atoms with Crippen molar-refractivity contribution in [3.05, 3.63) is 70.9 Å². The summed E-state index contributed by atoms with van der Waals surface area (Å²) in [5, 5.41) is 3.14. The Morgan fingerprint density at radius 3 is 2.29 bits per heavy atom. The molecule has 0 unspecified atom stereocenters. The van der Waals surface area contributed by atoms with E-state index in [0.717, 1.165) is 5.56 Å². The predicted octanol–water partition coefficient (Wildman–Crippen LogP) is 6.73. The van der Waals surface area contributed by atoms with E-state index in [9.17, 15) is 9.59 Å². The molecule has 2 aromatic carbocycles. The summed E-state index contributed by atoms with van der Waals surface area (Å²) in [6.07, 6.45) is 0.0402. The van der Waals surface area contributed by atoms with E-state index < -0.39 is 23.4 Å². The van der Waals surface area contributed by atoms with Crippen LogP contribution in [0, 0.1) is 11.8 Å². The van der Waals surface area contributed by atoms with Crippen molar-refractivity contribution >= 4 is 29.7 Å². The number of imidazole rings is 1. The zero-order chi connectivity index (χ0) is 25.8. The largest absolute Gasteiger partial charge is 0.444 e. The Balaban J connectivity index is 2.07. The van der Waals surface area contributed by atoms with Gasteiger partial charge in [-0.15, -0.1) is 0 Å². The summed E-state index contributed by atoms with van der Waals surface area (Å²) < 4.78 is 12.1. The molecule has 8 heteroatoms. The van der Waals surface area contributed by atoms with E-state index in [2.05, 4.69) is 22.1 Å². The first kappa shape index (κ1) is 25.9. The summed E-state index contributed by atoms with van der Waals surface area (Å²) in [5.74, 6) is 6.20. The number of carbonyl (C=O) groups is 2. The molecule has 182 valence electrons. The summed E-state index contributed by atoms with van der Waals surface area (Å²) in [5.41, 5.74) is 0.951. The van der Waals surface area contributed by atoms with Gasteiger partial charge in [0.15, 0.2) is 0 Å². The number of hydrogen-bond acceptors (Lipinski definition) is 5. The van der Waals surface area contributed by atoms with Gasteiger partial charge in [-0.1, -0.05) is 47.7 Å². The highest BCUT2D eigenvalue weighted by atomic mass is 35.5. The Kier molecular flexibility index (Phi) is 7.57. The van der Waals surface area contributed by atoms with E-state index >= 15 is 0 Å². The Morgan fingerprint density at radius 2 is 1.63 bits per heavy atom. The number of ether oxygens (including phenoxy) is 2. The number of anilines is 1. The number of rotatable bonds is 2. The predicted molar refractivity (Wildman–Crippen MR) is 137 cm³/mol. The maximum Gasteiger partial charge on any atom is 0.421 e. The first-order valence-electron chi connectivity index (χ1n) is 11.0. The lowest BCUT2D eigenvalue weighted by Crippen LogP contribution is -2.31. The van der Waals surface area contributed by atoms with Crippen LogP contribution in [0.5, 0.6) is 0 Å². The standard InChI is InChI=1S/C27H28ClN3O4/c1-26(2,3)34-24(32)30-23-29-17-22(31(23)25(33)35-27(4,5)6)21-13-8-7-11-19(21)15-14-18-10-9-12-20(28)16-18/h7-13,16-17H,1-6H3,(H,29,30,32). The fourth-order valence-corrected chi connectivity index (χ4v) is 3.23. The molecule has 1 amide bonds. The molecule has 0 saturated carbocycles. The summed E-state index contributed by atoms with van der Waals surface area (Å²) in [6.45, 7) is 10.5. The van der Waals surface area contributed by atoms with Crippen LogP contribution in [0.25, 0.3) is 11.3 Å². The van der Waals surface area contributed by atoms with Gasteiger partial charge in [0.1, 0.15) is 11.2 Å². The molecular weight excluding hydrogens is 466 g/mol. The second-order valence-corrected chi connectivity index (χ2v) is 10.2. The van der Waals surface area contributed by atoms with E-state index in [4.69, 9.17) is 21.1 Å². The topological polar surface area (TPSA) is 82.5 Å². The molecule has 0 fully saturated rings. The molecule has 0 atom stereocenters. The number of aromatic nitrogens is 2. The number of carbonyl (C=O) groups excluding carboxylic acids is 2. The minimum absolute atomic E-state index is 0.0268. The Labute approximate surface area is 210 Å². The quantitative estimate of drug-likeness (QED) is 0.400. The second-order valence-electron chi connectivity index (χ2n) is 9.72. The van der Waals surface area contributed by atoms with Crippen molar-refractivity contribution in [2.45, 2.75) is 52.7 Å². The maximum absolute atomic E-state index is 13.2. The Morgan fingerprint density at radius 1 is 0.943 bits per heavy atom. The molecule has 0 aliphatic carbocycles. The van der Waals surface area contributed by atoms with Crippen molar-refractivity contribution in [1.82, 2.24) is 9.55 Å². The number of nitrogens with zero attached hydrogens (tertiary/aromatic N) is 2. The molecule has 0 aliphatic rings. The van der Waals surface area contributed by atoms with E-state index in [1.165, 1.54) is 10.8 Å². The van der Waals surface area contributed by atoms with Crippen LogP contribution >= 0.6 is 11.6 Å². The average molecular weight is 494 g/mol. The Bertz CT molecular complexity index is 1300. The minimum atomic E-state index is -0.770. The molecule has 0 spiro atoms. The van der Waals surface area contributed by atoms with Crippen LogP contribution in [0.1, 0.15) is 52.7 Å². The van der Waals surface area contributed by atoms with Gasteiger partial charge >= 0.3 is 12.2 Å². The van der Waals surface area contributed by atoms with Gasteiger partial charge in [-0.2, -0.15) is 0 Å². The Hall–Kier alpha value is -3.76. The van der Waals surface area contributed by atoms with Crippen molar-refractivity contribution in [2.24, 2.45) is 0 Å². The molecule has 0 aliphatic heterocycles. The number of hydrogen-bond donors (Lipinski definition) is 1. The average Bonchev–Trinajstić information content (AvgIpc) is 3.13. The number of benzene rings is 2. The third kappa shape index (κ3) is 7.36. The molecule has 1 heterocycles. The van der Waals surface area contributed by atoms with E-state index in [-0.39, 0.29) is 5.95 Å². The maximum atomic E-state index is 13.2. The fourth-order valence-electron chi connectivity index (χ4n) is 3.04. The minimum Gasteiger partial charge on any atom is -0.444 e. The normalized spacial score (nSPS) is 11.3. The van der Waals surface area contributed by atoms with Crippen LogP contribution in [0.3, 0.4) is 0 Å². The van der Waals surface area contributed by atoms with Gasteiger partial charge in [-0.25, -0.2) is 19.1 Å². The molecule has 3 aromatic rings. The SMILES string of the molecule is CC(C)(C)OC(=O)Nc1ncc(-c2ccccc2C#Cc2cccc(Cl)c2)n1C(=O)OC(C)(C)C. The zero-order valence-electron chi connectivity index (χ0n) is 20.6. The second kappa shape index (κ2) is 10.2. The molecule has 3 rings (SSSR count). The van der Waals surface area contributed by atoms with E-state index in [0.29, 0.717) is 21.8 Å². The number of nitrogens with one attached hydrogen (secondary N) is 1. The van der Waals surface area contributed by atoms with Crippen molar-refractivity contribution in [3.8, 4) is 23.1 Å². The smallest absolute Gasteiger partial charge is 0.421 e. The monoisotopic (exact) mass is 493 g/mol. The lowest BCUT2D eigenvalue weighted by molar-refractivity contribution is 0.0542. The molecule has 7 nitrogen and oxygen atoms in total. The lowest BCUT2D eigenvalue weighted by Gasteiger charge is -2.22. The third-order valence-corrected chi connectivity index (χ3v) is 4.55. The molecule has 0 bridgehead atoms. The van der Waals surface area contributed by atoms with Crippen LogP contribution in [0.4, 0.5) is 15.5 Å². The molecule has 1 aromatic heterocycles. The number of amides is 1. The summed E-state index contributed by atoms with van der Waals surface area (Å²) in [4.78, 5) is 29.9. The van der Waals surface area contributed by atoms with Crippen molar-refractivity contribution in [1.29, 1.82) is 0 Å². The van der Waals surface area contributed by atoms with E-state index in [1.54, 1.807) is 53.7 Å². The van der Waals surface area contributed by atoms with Gasteiger partial charge < -0.3 is 9.47 Å². The van der Waals surface area contributed by atoms with Gasteiger partial charge in [0.05, 0.1) is 11.9 Å². The first-order chi connectivity index (χ1) is 16.3. The van der Waals surface area contributed by atoms with Crippen LogP contribution in [-0.4, -0.2) is 32.9 Å². The van der Waals surface area contributed by atoms with Gasteiger partial charge in [0, 0.05) is 21.7 Å². The zero-order valence-corrected chi connectivity index (χ0v) is 21.4. The van der Waals surface area contributed by atoms with Crippen molar-refractivity contribution in [3.63, 3.8) is 0 Å².